The largest absolute Gasteiger partial charge is 0.366 e. The summed E-state index contributed by atoms with van der Waals surface area (Å²) in [7, 11) is 0. The molecule has 4 rings (SSSR count). The number of piperidine rings is 1. The van der Waals surface area contributed by atoms with Gasteiger partial charge in [-0.3, -0.25) is 4.98 Å². The van der Waals surface area contributed by atoms with Gasteiger partial charge in [0.2, 0.25) is 0 Å². The van der Waals surface area contributed by atoms with E-state index in [1.807, 2.05) is 24.4 Å². The third kappa shape index (κ3) is 3.33. The predicted molar refractivity (Wildman–Crippen MR) is 90.4 cm³/mol. The van der Waals surface area contributed by atoms with E-state index in [1.165, 1.54) is 45.3 Å². The minimum atomic E-state index is 0.509. The van der Waals surface area contributed by atoms with Crippen molar-refractivity contribution in [3.05, 3.63) is 29.4 Å². The van der Waals surface area contributed by atoms with Crippen LogP contribution in [0.1, 0.15) is 25.7 Å². The summed E-state index contributed by atoms with van der Waals surface area (Å²) in [6, 6.07) is 6.14. The molecule has 22 heavy (non-hydrogen) atoms. The van der Waals surface area contributed by atoms with Gasteiger partial charge >= 0.3 is 0 Å². The number of likely N-dealkylation sites (tertiary alicyclic amines) is 1. The molecule has 1 aliphatic heterocycles. The first-order valence-electron chi connectivity index (χ1n) is 8.17. The molecule has 2 aliphatic rings. The number of fused-ring (bicyclic) bond motifs is 1. The fraction of sp³-hybridized carbons (Fsp3) is 0.529. The molecule has 1 aromatic heterocycles. The van der Waals surface area contributed by atoms with Crippen molar-refractivity contribution >= 4 is 28.5 Å². The normalized spacial score (nSPS) is 20.4. The Balaban J connectivity index is 1.37. The van der Waals surface area contributed by atoms with Crippen molar-refractivity contribution in [3.63, 3.8) is 0 Å². The van der Waals surface area contributed by atoms with Crippen LogP contribution in [0.25, 0.3) is 11.0 Å². The van der Waals surface area contributed by atoms with Gasteiger partial charge in [-0.2, -0.15) is 0 Å². The lowest BCUT2D eigenvalue weighted by molar-refractivity contribution is 0.211. The van der Waals surface area contributed by atoms with Crippen LogP contribution < -0.4 is 5.32 Å². The zero-order valence-corrected chi connectivity index (χ0v) is 13.4. The van der Waals surface area contributed by atoms with Gasteiger partial charge in [0.1, 0.15) is 5.82 Å². The number of hydrogen-bond acceptors (Lipinski definition) is 4. The SMILES string of the molecule is Clc1ccc2nc(NC3CCN(CC4CC4)CC3)cnc2c1. The van der Waals surface area contributed by atoms with Crippen molar-refractivity contribution in [2.75, 3.05) is 25.0 Å². The van der Waals surface area contributed by atoms with E-state index in [4.69, 9.17) is 11.6 Å². The second-order valence-corrected chi connectivity index (χ2v) is 6.99. The molecule has 0 spiro atoms. The number of nitrogens with zero attached hydrogens (tertiary/aromatic N) is 3. The van der Waals surface area contributed by atoms with Crippen molar-refractivity contribution in [1.29, 1.82) is 0 Å². The standard InChI is InChI=1S/C17H21ClN4/c18-13-3-4-15-16(9-13)19-10-17(21-15)20-14-5-7-22(8-6-14)11-12-1-2-12/h3-4,9-10,12,14H,1-2,5-8,11H2,(H,20,21). The zero-order chi connectivity index (χ0) is 14.9. The summed E-state index contributed by atoms with van der Waals surface area (Å²) in [5, 5.41) is 4.24. The van der Waals surface area contributed by atoms with Crippen molar-refractivity contribution < 1.29 is 0 Å². The molecule has 5 heteroatoms. The summed E-state index contributed by atoms with van der Waals surface area (Å²) in [5.41, 5.74) is 1.73. The molecule has 2 heterocycles. The summed E-state index contributed by atoms with van der Waals surface area (Å²) >= 11 is 5.98. The highest BCUT2D eigenvalue weighted by Gasteiger charge is 2.27. The minimum absolute atomic E-state index is 0.509. The molecule has 1 aromatic carbocycles. The summed E-state index contributed by atoms with van der Waals surface area (Å²) < 4.78 is 0. The van der Waals surface area contributed by atoms with E-state index < -0.39 is 0 Å². The molecule has 0 bridgehead atoms. The predicted octanol–water partition coefficient (Wildman–Crippen LogP) is 3.57. The van der Waals surface area contributed by atoms with E-state index in [0.29, 0.717) is 11.1 Å². The van der Waals surface area contributed by atoms with Gasteiger partial charge in [-0.05, 0) is 49.8 Å². The maximum Gasteiger partial charge on any atom is 0.145 e. The summed E-state index contributed by atoms with van der Waals surface area (Å²) in [6.07, 6.45) is 7.07. The van der Waals surface area contributed by atoms with Gasteiger partial charge in [0.15, 0.2) is 0 Å². The van der Waals surface area contributed by atoms with Crippen molar-refractivity contribution in [3.8, 4) is 0 Å². The quantitative estimate of drug-likeness (QED) is 0.936. The summed E-state index contributed by atoms with van der Waals surface area (Å²) in [4.78, 5) is 11.7. The van der Waals surface area contributed by atoms with Gasteiger partial charge < -0.3 is 10.2 Å². The van der Waals surface area contributed by atoms with Crippen molar-refractivity contribution in [2.24, 2.45) is 5.92 Å². The van der Waals surface area contributed by atoms with E-state index in [-0.39, 0.29) is 0 Å². The monoisotopic (exact) mass is 316 g/mol. The van der Waals surface area contributed by atoms with Gasteiger partial charge in [-0.1, -0.05) is 11.6 Å². The van der Waals surface area contributed by atoms with Crippen LogP contribution in [0.2, 0.25) is 5.02 Å². The van der Waals surface area contributed by atoms with Gasteiger partial charge in [0.05, 0.1) is 17.2 Å². The zero-order valence-electron chi connectivity index (χ0n) is 12.6. The van der Waals surface area contributed by atoms with Crippen LogP contribution in [0.5, 0.6) is 0 Å². The molecular weight excluding hydrogens is 296 g/mol. The first kappa shape index (κ1) is 14.2. The van der Waals surface area contributed by atoms with Crippen LogP contribution in [0.4, 0.5) is 5.82 Å². The average molecular weight is 317 g/mol. The second kappa shape index (κ2) is 6.01. The number of hydrogen-bond donors (Lipinski definition) is 1. The number of nitrogens with one attached hydrogen (secondary N) is 1. The number of anilines is 1. The van der Waals surface area contributed by atoms with Crippen molar-refractivity contribution in [1.82, 2.24) is 14.9 Å². The molecule has 4 nitrogen and oxygen atoms in total. The topological polar surface area (TPSA) is 41.1 Å². The van der Waals surface area contributed by atoms with Crippen LogP contribution in [0.3, 0.4) is 0 Å². The lowest BCUT2D eigenvalue weighted by atomic mass is 10.0. The summed E-state index contributed by atoms with van der Waals surface area (Å²) in [5.74, 6) is 1.86. The number of rotatable bonds is 4. The van der Waals surface area contributed by atoms with E-state index in [0.717, 1.165) is 22.8 Å². The van der Waals surface area contributed by atoms with Gasteiger partial charge in [-0.25, -0.2) is 4.98 Å². The Hall–Kier alpha value is -1.39. The van der Waals surface area contributed by atoms with Crippen LogP contribution in [-0.4, -0.2) is 40.5 Å². The smallest absolute Gasteiger partial charge is 0.145 e. The lowest BCUT2D eigenvalue weighted by Gasteiger charge is -2.32. The van der Waals surface area contributed by atoms with E-state index in [2.05, 4.69) is 20.2 Å². The Labute approximate surface area is 135 Å². The number of benzene rings is 1. The highest BCUT2D eigenvalue weighted by atomic mass is 35.5. The Morgan fingerprint density at radius 2 is 1.95 bits per heavy atom. The fourth-order valence-electron chi connectivity index (χ4n) is 3.19. The average Bonchev–Trinajstić information content (AvgIpc) is 3.33. The summed E-state index contributed by atoms with van der Waals surface area (Å²) in [6.45, 7) is 3.71. The molecule has 0 radical (unpaired) electrons. The molecule has 1 N–H and O–H groups in total. The molecule has 2 aromatic rings. The molecule has 116 valence electrons. The highest BCUT2D eigenvalue weighted by molar-refractivity contribution is 6.31. The van der Waals surface area contributed by atoms with Crippen LogP contribution >= 0.6 is 11.6 Å². The Morgan fingerprint density at radius 1 is 1.14 bits per heavy atom. The molecule has 0 unspecified atom stereocenters. The Kier molecular flexibility index (Phi) is 3.89. The van der Waals surface area contributed by atoms with Gasteiger partial charge in [0, 0.05) is 30.7 Å². The first-order valence-corrected chi connectivity index (χ1v) is 8.55. The maximum absolute atomic E-state index is 5.98. The first-order chi connectivity index (χ1) is 10.8. The third-order valence-corrected chi connectivity index (χ3v) is 4.89. The number of halogens is 1. The molecule has 0 atom stereocenters. The van der Waals surface area contributed by atoms with E-state index >= 15 is 0 Å². The second-order valence-electron chi connectivity index (χ2n) is 6.55. The fourth-order valence-corrected chi connectivity index (χ4v) is 3.35. The van der Waals surface area contributed by atoms with Gasteiger partial charge in [0.25, 0.3) is 0 Å². The maximum atomic E-state index is 5.98. The van der Waals surface area contributed by atoms with Crippen LogP contribution in [0, 0.1) is 5.92 Å². The lowest BCUT2D eigenvalue weighted by Crippen LogP contribution is -2.40. The van der Waals surface area contributed by atoms with E-state index in [1.54, 1.807) is 0 Å². The van der Waals surface area contributed by atoms with E-state index in [9.17, 15) is 0 Å². The van der Waals surface area contributed by atoms with Crippen molar-refractivity contribution in [2.45, 2.75) is 31.7 Å². The van der Waals surface area contributed by atoms with Gasteiger partial charge in [-0.15, -0.1) is 0 Å². The minimum Gasteiger partial charge on any atom is -0.366 e. The Morgan fingerprint density at radius 3 is 2.73 bits per heavy atom. The third-order valence-electron chi connectivity index (χ3n) is 4.66. The molecule has 1 saturated carbocycles. The molecule has 1 aliphatic carbocycles. The van der Waals surface area contributed by atoms with Crippen LogP contribution in [-0.2, 0) is 0 Å². The molecule has 1 saturated heterocycles. The van der Waals surface area contributed by atoms with Crippen LogP contribution in [0.15, 0.2) is 24.4 Å². The Bertz CT molecular complexity index is 663. The highest BCUT2D eigenvalue weighted by Crippen LogP contribution is 2.30. The number of aromatic nitrogens is 2. The molecule has 2 fully saturated rings. The molecule has 0 amide bonds. The molecular formula is C17H21ClN4.